The van der Waals surface area contributed by atoms with Crippen LogP contribution in [0.4, 0.5) is 0 Å². The second-order valence-electron chi connectivity index (χ2n) is 6.32. The van der Waals surface area contributed by atoms with Crippen molar-refractivity contribution in [3.63, 3.8) is 0 Å². The van der Waals surface area contributed by atoms with E-state index in [2.05, 4.69) is 15.6 Å². The number of amides is 2. The Morgan fingerprint density at radius 2 is 1.73 bits per heavy atom. The fraction of sp³-hybridized carbons (Fsp3) is 0.412. The molecule has 0 spiro atoms. The van der Waals surface area contributed by atoms with Crippen molar-refractivity contribution in [3.8, 4) is 0 Å². The Kier molecular flexibility index (Phi) is 3.88. The number of piperazine rings is 1. The lowest BCUT2D eigenvalue weighted by Crippen LogP contribution is -2.62. The van der Waals surface area contributed by atoms with Gasteiger partial charge in [-0.25, -0.2) is 0 Å². The summed E-state index contributed by atoms with van der Waals surface area (Å²) in [5.74, 6) is 0.176. The van der Waals surface area contributed by atoms with E-state index in [1.807, 2.05) is 44.3 Å². The van der Waals surface area contributed by atoms with Gasteiger partial charge in [-0.2, -0.15) is 0 Å². The van der Waals surface area contributed by atoms with Crippen molar-refractivity contribution in [3.05, 3.63) is 36.0 Å². The van der Waals surface area contributed by atoms with Crippen LogP contribution in [0, 0.1) is 5.92 Å². The van der Waals surface area contributed by atoms with Crippen molar-refractivity contribution >= 4 is 22.7 Å². The lowest BCUT2D eigenvalue weighted by molar-refractivity contribution is -0.137. The molecule has 22 heavy (non-hydrogen) atoms. The average molecular weight is 299 g/mol. The molecule has 1 saturated heterocycles. The summed E-state index contributed by atoms with van der Waals surface area (Å²) in [6.45, 7) is 4.08. The van der Waals surface area contributed by atoms with Gasteiger partial charge < -0.3 is 15.6 Å². The highest BCUT2D eigenvalue weighted by atomic mass is 16.2. The standard InChI is InChI=1S/C17H21N3O2/c1-10(2)7-14-16(21)20-15(17(22)19-14)8-11-9-18-13-6-4-3-5-12(11)13/h3-6,9-10,14-15,18H,7-8H2,1-2H3,(H,19,22)(H,20,21)/t14-,15-/m0/s1. The van der Waals surface area contributed by atoms with E-state index in [1.54, 1.807) is 0 Å². The number of carbonyl (C=O) groups is 2. The number of carbonyl (C=O) groups excluding carboxylic acids is 2. The quantitative estimate of drug-likeness (QED) is 0.804. The van der Waals surface area contributed by atoms with Crippen molar-refractivity contribution in [1.29, 1.82) is 0 Å². The third-order valence-electron chi connectivity index (χ3n) is 4.07. The molecule has 2 heterocycles. The summed E-state index contributed by atoms with van der Waals surface area (Å²) in [5.41, 5.74) is 2.08. The molecule has 0 radical (unpaired) electrons. The SMILES string of the molecule is CC(C)C[C@@H]1NC(=O)[C@H](Cc2c[nH]c3ccccc23)NC1=O. The zero-order valence-corrected chi connectivity index (χ0v) is 12.8. The van der Waals surface area contributed by atoms with E-state index in [0.717, 1.165) is 16.5 Å². The molecule has 0 aliphatic carbocycles. The van der Waals surface area contributed by atoms with Gasteiger partial charge in [0, 0.05) is 23.5 Å². The molecule has 1 aliphatic heterocycles. The van der Waals surface area contributed by atoms with Crippen LogP contribution < -0.4 is 10.6 Å². The lowest BCUT2D eigenvalue weighted by Gasteiger charge is -2.30. The molecule has 1 aromatic heterocycles. The molecule has 1 aromatic carbocycles. The molecule has 1 aliphatic rings. The Morgan fingerprint density at radius 1 is 1.05 bits per heavy atom. The van der Waals surface area contributed by atoms with Crippen LogP contribution in [-0.2, 0) is 16.0 Å². The summed E-state index contributed by atoms with van der Waals surface area (Å²) in [5, 5.41) is 6.80. The number of hydrogen-bond donors (Lipinski definition) is 3. The topological polar surface area (TPSA) is 74.0 Å². The van der Waals surface area contributed by atoms with Crippen LogP contribution in [0.2, 0.25) is 0 Å². The van der Waals surface area contributed by atoms with E-state index in [0.29, 0.717) is 18.8 Å². The molecule has 5 nitrogen and oxygen atoms in total. The van der Waals surface area contributed by atoms with Crippen molar-refractivity contribution in [2.45, 2.75) is 38.8 Å². The summed E-state index contributed by atoms with van der Waals surface area (Å²) in [6, 6.07) is 7.04. The Balaban J connectivity index is 1.74. The number of aromatic amines is 1. The maximum atomic E-state index is 12.3. The molecule has 0 bridgehead atoms. The van der Waals surface area contributed by atoms with E-state index in [1.165, 1.54) is 0 Å². The summed E-state index contributed by atoms with van der Waals surface area (Å²) >= 11 is 0. The maximum Gasteiger partial charge on any atom is 0.243 e. The first-order valence-electron chi connectivity index (χ1n) is 7.70. The number of aromatic nitrogens is 1. The Bertz CT molecular complexity index is 705. The van der Waals surface area contributed by atoms with E-state index in [9.17, 15) is 9.59 Å². The third kappa shape index (κ3) is 2.84. The monoisotopic (exact) mass is 299 g/mol. The number of H-pyrrole nitrogens is 1. The van der Waals surface area contributed by atoms with Gasteiger partial charge in [-0.1, -0.05) is 32.0 Å². The number of para-hydroxylation sites is 1. The molecular formula is C17H21N3O2. The van der Waals surface area contributed by atoms with Crippen LogP contribution in [0.25, 0.3) is 10.9 Å². The van der Waals surface area contributed by atoms with E-state index >= 15 is 0 Å². The Labute approximate surface area is 129 Å². The predicted molar refractivity (Wildman–Crippen MR) is 85.3 cm³/mol. The van der Waals surface area contributed by atoms with Crippen molar-refractivity contribution in [1.82, 2.24) is 15.6 Å². The minimum Gasteiger partial charge on any atom is -0.361 e. The lowest BCUT2D eigenvalue weighted by atomic mass is 9.97. The number of nitrogens with one attached hydrogen (secondary N) is 3. The highest BCUT2D eigenvalue weighted by Gasteiger charge is 2.34. The van der Waals surface area contributed by atoms with Crippen LogP contribution in [0.3, 0.4) is 0 Å². The predicted octanol–water partition coefficient (Wildman–Crippen LogP) is 1.74. The maximum absolute atomic E-state index is 12.3. The van der Waals surface area contributed by atoms with Gasteiger partial charge in [0.25, 0.3) is 0 Å². The number of benzene rings is 1. The normalized spacial score (nSPS) is 22.0. The first kappa shape index (κ1) is 14.6. The van der Waals surface area contributed by atoms with Gasteiger partial charge in [0.2, 0.25) is 11.8 Å². The summed E-state index contributed by atoms with van der Waals surface area (Å²) < 4.78 is 0. The summed E-state index contributed by atoms with van der Waals surface area (Å²) in [4.78, 5) is 27.6. The van der Waals surface area contributed by atoms with Gasteiger partial charge in [0.05, 0.1) is 0 Å². The number of hydrogen-bond acceptors (Lipinski definition) is 2. The number of rotatable bonds is 4. The van der Waals surface area contributed by atoms with Gasteiger partial charge in [-0.05, 0) is 24.0 Å². The summed E-state index contributed by atoms with van der Waals surface area (Å²) in [6.07, 6.45) is 3.07. The minimum absolute atomic E-state index is 0.0851. The van der Waals surface area contributed by atoms with E-state index in [-0.39, 0.29) is 11.8 Å². The Morgan fingerprint density at radius 3 is 2.50 bits per heavy atom. The zero-order valence-electron chi connectivity index (χ0n) is 12.8. The summed E-state index contributed by atoms with van der Waals surface area (Å²) in [7, 11) is 0. The van der Waals surface area contributed by atoms with Gasteiger partial charge in [-0.15, -0.1) is 0 Å². The van der Waals surface area contributed by atoms with E-state index < -0.39 is 12.1 Å². The smallest absolute Gasteiger partial charge is 0.243 e. The fourth-order valence-corrected chi connectivity index (χ4v) is 2.98. The van der Waals surface area contributed by atoms with Crippen LogP contribution in [0.1, 0.15) is 25.8 Å². The molecule has 3 N–H and O–H groups in total. The molecular weight excluding hydrogens is 278 g/mol. The van der Waals surface area contributed by atoms with Gasteiger partial charge in [0.15, 0.2) is 0 Å². The first-order chi connectivity index (χ1) is 10.5. The molecule has 0 saturated carbocycles. The molecule has 116 valence electrons. The second-order valence-corrected chi connectivity index (χ2v) is 6.32. The molecule has 0 unspecified atom stereocenters. The minimum atomic E-state index is -0.505. The fourth-order valence-electron chi connectivity index (χ4n) is 2.98. The van der Waals surface area contributed by atoms with Crippen molar-refractivity contribution in [2.75, 3.05) is 0 Å². The van der Waals surface area contributed by atoms with Gasteiger partial charge in [-0.3, -0.25) is 9.59 Å². The van der Waals surface area contributed by atoms with Crippen molar-refractivity contribution in [2.24, 2.45) is 5.92 Å². The van der Waals surface area contributed by atoms with E-state index in [4.69, 9.17) is 0 Å². The zero-order chi connectivity index (χ0) is 15.7. The number of fused-ring (bicyclic) bond motifs is 1. The molecule has 3 rings (SSSR count). The van der Waals surface area contributed by atoms with Crippen LogP contribution in [-0.4, -0.2) is 28.9 Å². The third-order valence-corrected chi connectivity index (χ3v) is 4.07. The molecule has 1 fully saturated rings. The van der Waals surface area contributed by atoms with Crippen LogP contribution in [0.15, 0.2) is 30.5 Å². The highest BCUT2D eigenvalue weighted by Crippen LogP contribution is 2.20. The molecule has 2 atom stereocenters. The van der Waals surface area contributed by atoms with Crippen molar-refractivity contribution < 1.29 is 9.59 Å². The van der Waals surface area contributed by atoms with Gasteiger partial charge >= 0.3 is 0 Å². The molecule has 2 amide bonds. The average Bonchev–Trinajstić information content (AvgIpc) is 2.87. The van der Waals surface area contributed by atoms with Gasteiger partial charge in [0.1, 0.15) is 12.1 Å². The second kappa shape index (κ2) is 5.83. The largest absolute Gasteiger partial charge is 0.361 e. The Hall–Kier alpha value is -2.30. The molecule has 5 heteroatoms. The highest BCUT2D eigenvalue weighted by molar-refractivity contribution is 5.97. The molecule has 2 aromatic rings. The van der Waals surface area contributed by atoms with Crippen LogP contribution >= 0.6 is 0 Å². The first-order valence-corrected chi connectivity index (χ1v) is 7.70. The van der Waals surface area contributed by atoms with Crippen LogP contribution in [0.5, 0.6) is 0 Å².